The fourth-order valence-electron chi connectivity index (χ4n) is 2.50. The van der Waals surface area contributed by atoms with Crippen molar-refractivity contribution in [1.82, 2.24) is 4.98 Å². The minimum Gasteiger partial charge on any atom is -0.478 e. The Labute approximate surface area is 106 Å². The predicted octanol–water partition coefficient (Wildman–Crippen LogP) is 1.81. The molecule has 1 aliphatic carbocycles. The number of rotatable bonds is 4. The van der Waals surface area contributed by atoms with Gasteiger partial charge in [-0.25, -0.2) is 9.78 Å². The largest absolute Gasteiger partial charge is 0.478 e. The molecular formula is C13H18N2O3. The third-order valence-corrected chi connectivity index (χ3v) is 3.46. The zero-order chi connectivity index (χ0) is 13.2. The molecular weight excluding hydrogens is 232 g/mol. The van der Waals surface area contributed by atoms with Gasteiger partial charge in [-0.05, 0) is 31.9 Å². The number of aromatic carboxylic acids is 1. The van der Waals surface area contributed by atoms with Crippen molar-refractivity contribution in [3.05, 3.63) is 23.4 Å². The predicted molar refractivity (Wildman–Crippen MR) is 67.8 cm³/mol. The topological polar surface area (TPSA) is 82.5 Å². The molecule has 3 N–H and O–H groups in total. The lowest BCUT2D eigenvalue weighted by molar-refractivity contribution is 0.0696. The maximum absolute atomic E-state index is 11.0. The first-order chi connectivity index (χ1) is 8.54. The number of aliphatic hydroxyl groups excluding tert-OH is 1. The average Bonchev–Trinajstić information content (AvgIpc) is 2.77. The Kier molecular flexibility index (Phi) is 3.52. The molecule has 0 unspecified atom stereocenters. The Morgan fingerprint density at radius 2 is 2.11 bits per heavy atom. The number of hydrogen-bond acceptors (Lipinski definition) is 4. The molecule has 1 aliphatic rings. The van der Waals surface area contributed by atoms with Gasteiger partial charge in [0.1, 0.15) is 5.82 Å². The molecule has 0 spiro atoms. The van der Waals surface area contributed by atoms with Gasteiger partial charge >= 0.3 is 5.97 Å². The molecule has 0 aromatic carbocycles. The number of aromatic nitrogens is 1. The van der Waals surface area contributed by atoms with Crippen LogP contribution in [0.5, 0.6) is 0 Å². The number of carbonyl (C=O) groups is 1. The third-order valence-electron chi connectivity index (χ3n) is 3.46. The summed E-state index contributed by atoms with van der Waals surface area (Å²) < 4.78 is 0. The number of carboxylic acids is 1. The van der Waals surface area contributed by atoms with Crippen molar-refractivity contribution in [2.45, 2.75) is 38.1 Å². The summed E-state index contributed by atoms with van der Waals surface area (Å²) in [7, 11) is 0. The van der Waals surface area contributed by atoms with Crippen LogP contribution in [0.2, 0.25) is 0 Å². The number of hydrogen-bond donors (Lipinski definition) is 3. The molecule has 18 heavy (non-hydrogen) atoms. The molecule has 0 aliphatic heterocycles. The second kappa shape index (κ2) is 4.94. The smallest absolute Gasteiger partial charge is 0.335 e. The maximum atomic E-state index is 11.0. The van der Waals surface area contributed by atoms with Crippen molar-refractivity contribution in [1.29, 1.82) is 0 Å². The minimum atomic E-state index is -0.965. The molecule has 0 amide bonds. The zero-order valence-corrected chi connectivity index (χ0v) is 10.4. The highest BCUT2D eigenvalue weighted by molar-refractivity contribution is 5.88. The van der Waals surface area contributed by atoms with E-state index in [9.17, 15) is 9.90 Å². The highest BCUT2D eigenvalue weighted by Gasteiger charge is 2.33. The summed E-state index contributed by atoms with van der Waals surface area (Å²) in [5.74, 6) is -0.434. The summed E-state index contributed by atoms with van der Waals surface area (Å²) in [5.41, 5.74) is 0.538. The lowest BCUT2D eigenvalue weighted by Gasteiger charge is -2.28. The van der Waals surface area contributed by atoms with Crippen molar-refractivity contribution in [3.63, 3.8) is 0 Å². The molecule has 2 rings (SSSR count). The molecule has 0 radical (unpaired) electrons. The first-order valence-corrected chi connectivity index (χ1v) is 6.16. The van der Waals surface area contributed by atoms with Crippen molar-refractivity contribution < 1.29 is 15.0 Å². The summed E-state index contributed by atoms with van der Waals surface area (Å²) in [5, 5.41) is 21.7. The van der Waals surface area contributed by atoms with Gasteiger partial charge in [-0.2, -0.15) is 0 Å². The zero-order valence-electron chi connectivity index (χ0n) is 10.4. The molecule has 98 valence electrons. The van der Waals surface area contributed by atoms with Crippen LogP contribution in [0.4, 0.5) is 5.82 Å². The van der Waals surface area contributed by atoms with Gasteiger partial charge in [0.2, 0.25) is 0 Å². The van der Waals surface area contributed by atoms with E-state index in [0.29, 0.717) is 11.5 Å². The van der Waals surface area contributed by atoms with Gasteiger partial charge in [-0.3, -0.25) is 0 Å². The lowest BCUT2D eigenvalue weighted by Crippen LogP contribution is -2.39. The highest BCUT2D eigenvalue weighted by Crippen LogP contribution is 2.32. The number of nitrogens with one attached hydrogen (secondary N) is 1. The third kappa shape index (κ3) is 2.61. The van der Waals surface area contributed by atoms with Crippen LogP contribution in [0.25, 0.3) is 0 Å². The average molecular weight is 250 g/mol. The Morgan fingerprint density at radius 3 is 2.67 bits per heavy atom. The normalized spacial score (nSPS) is 17.7. The van der Waals surface area contributed by atoms with E-state index in [0.717, 1.165) is 25.7 Å². The number of pyridine rings is 1. The number of aliphatic hydroxyl groups is 1. The summed E-state index contributed by atoms with van der Waals surface area (Å²) >= 11 is 0. The van der Waals surface area contributed by atoms with Crippen LogP contribution in [0, 0.1) is 6.92 Å². The Bertz CT molecular complexity index is 454. The van der Waals surface area contributed by atoms with Gasteiger partial charge in [-0.15, -0.1) is 0 Å². The quantitative estimate of drug-likeness (QED) is 0.759. The van der Waals surface area contributed by atoms with Crippen molar-refractivity contribution in [2.24, 2.45) is 0 Å². The van der Waals surface area contributed by atoms with Crippen LogP contribution in [-0.2, 0) is 0 Å². The summed E-state index contributed by atoms with van der Waals surface area (Å²) in [6, 6.07) is 3.05. The highest BCUT2D eigenvalue weighted by atomic mass is 16.4. The van der Waals surface area contributed by atoms with Gasteiger partial charge in [-0.1, -0.05) is 12.8 Å². The molecule has 0 atom stereocenters. The van der Waals surface area contributed by atoms with E-state index in [4.69, 9.17) is 5.11 Å². The molecule has 5 nitrogen and oxygen atoms in total. The second-order valence-electron chi connectivity index (χ2n) is 4.96. The SMILES string of the molecule is Cc1cc(C(=O)O)cc(NC2(CO)CCCC2)n1. The fraction of sp³-hybridized carbons (Fsp3) is 0.538. The van der Waals surface area contributed by atoms with E-state index in [1.165, 1.54) is 12.1 Å². The number of aryl methyl sites for hydroxylation is 1. The van der Waals surface area contributed by atoms with Crippen LogP contribution in [0.1, 0.15) is 41.7 Å². The summed E-state index contributed by atoms with van der Waals surface area (Å²) in [6.07, 6.45) is 3.93. The van der Waals surface area contributed by atoms with Gasteiger partial charge in [0.25, 0.3) is 0 Å². The van der Waals surface area contributed by atoms with E-state index in [-0.39, 0.29) is 17.7 Å². The fourth-order valence-corrected chi connectivity index (χ4v) is 2.50. The van der Waals surface area contributed by atoms with Gasteiger partial charge in [0, 0.05) is 5.69 Å². The van der Waals surface area contributed by atoms with Gasteiger partial charge < -0.3 is 15.5 Å². The molecule has 1 aromatic rings. The van der Waals surface area contributed by atoms with Crippen LogP contribution in [0.3, 0.4) is 0 Å². The molecule has 1 heterocycles. The molecule has 5 heteroatoms. The van der Waals surface area contributed by atoms with Crippen molar-refractivity contribution in [2.75, 3.05) is 11.9 Å². The van der Waals surface area contributed by atoms with E-state index in [1.54, 1.807) is 6.92 Å². The molecule has 0 bridgehead atoms. The molecule has 1 fully saturated rings. The first kappa shape index (κ1) is 12.8. The maximum Gasteiger partial charge on any atom is 0.335 e. The van der Waals surface area contributed by atoms with Crippen LogP contribution >= 0.6 is 0 Å². The molecule has 1 aromatic heterocycles. The lowest BCUT2D eigenvalue weighted by atomic mass is 9.99. The van der Waals surface area contributed by atoms with Crippen molar-refractivity contribution in [3.8, 4) is 0 Å². The van der Waals surface area contributed by atoms with Crippen LogP contribution in [0.15, 0.2) is 12.1 Å². The van der Waals surface area contributed by atoms with E-state index in [2.05, 4.69) is 10.3 Å². The Morgan fingerprint density at radius 1 is 1.44 bits per heavy atom. The summed E-state index contributed by atoms with van der Waals surface area (Å²) in [6.45, 7) is 1.81. The summed E-state index contributed by atoms with van der Waals surface area (Å²) in [4.78, 5) is 15.3. The standard InChI is InChI=1S/C13H18N2O3/c1-9-6-10(12(17)18)7-11(14-9)15-13(8-16)4-2-3-5-13/h6-7,16H,2-5,8H2,1H3,(H,14,15)(H,17,18). The monoisotopic (exact) mass is 250 g/mol. The second-order valence-corrected chi connectivity index (χ2v) is 4.96. The Hall–Kier alpha value is -1.62. The molecule has 0 saturated heterocycles. The number of carboxylic acid groups (broad SMARTS) is 1. The van der Waals surface area contributed by atoms with E-state index in [1.807, 2.05) is 0 Å². The van der Waals surface area contributed by atoms with Crippen molar-refractivity contribution >= 4 is 11.8 Å². The van der Waals surface area contributed by atoms with Crippen LogP contribution < -0.4 is 5.32 Å². The van der Waals surface area contributed by atoms with E-state index >= 15 is 0 Å². The Balaban J connectivity index is 2.25. The van der Waals surface area contributed by atoms with Gasteiger partial charge in [0.15, 0.2) is 0 Å². The first-order valence-electron chi connectivity index (χ1n) is 6.16. The molecule has 1 saturated carbocycles. The minimum absolute atomic E-state index is 0.0467. The number of nitrogens with zero attached hydrogens (tertiary/aromatic N) is 1. The van der Waals surface area contributed by atoms with E-state index < -0.39 is 5.97 Å². The number of anilines is 1. The van der Waals surface area contributed by atoms with Gasteiger partial charge in [0.05, 0.1) is 17.7 Å². The van der Waals surface area contributed by atoms with Crippen LogP contribution in [-0.4, -0.2) is 33.3 Å².